The molecule has 2 aromatic heterocycles. The molecule has 2 heterocycles. The second-order valence-electron chi connectivity index (χ2n) is 4.89. The molecule has 3 rings (SSSR count). The van der Waals surface area contributed by atoms with Crippen molar-refractivity contribution in [2.24, 2.45) is 0 Å². The van der Waals surface area contributed by atoms with Gasteiger partial charge < -0.3 is 9.73 Å². The molecule has 0 bridgehead atoms. The fourth-order valence-electron chi connectivity index (χ4n) is 2.10. The number of alkyl halides is 3. The molecule has 1 N–H and O–H groups in total. The maximum Gasteiger partial charge on any atom is 0.416 e. The van der Waals surface area contributed by atoms with E-state index in [-0.39, 0.29) is 17.3 Å². The molecular formula is C16H9ClF3N3O2. The van der Waals surface area contributed by atoms with Crippen molar-refractivity contribution in [1.82, 2.24) is 9.97 Å². The normalized spacial score (nSPS) is 11.4. The van der Waals surface area contributed by atoms with Gasteiger partial charge >= 0.3 is 6.18 Å². The number of benzene rings is 1. The predicted octanol–water partition coefficient (Wildman–Crippen LogP) is 4.66. The number of pyridine rings is 1. The van der Waals surface area contributed by atoms with E-state index in [0.717, 1.165) is 24.7 Å². The van der Waals surface area contributed by atoms with Gasteiger partial charge in [-0.3, -0.25) is 4.79 Å². The van der Waals surface area contributed by atoms with Crippen molar-refractivity contribution in [1.29, 1.82) is 0 Å². The van der Waals surface area contributed by atoms with Gasteiger partial charge in [0.25, 0.3) is 5.91 Å². The third-order valence-corrected chi connectivity index (χ3v) is 3.56. The maximum absolute atomic E-state index is 12.7. The van der Waals surface area contributed by atoms with Gasteiger partial charge in [-0.05, 0) is 24.3 Å². The minimum Gasteiger partial charge on any atom is -0.443 e. The van der Waals surface area contributed by atoms with Crippen molar-refractivity contribution in [3.05, 3.63) is 65.3 Å². The number of hydrogen-bond acceptors (Lipinski definition) is 4. The summed E-state index contributed by atoms with van der Waals surface area (Å²) in [6.07, 6.45) is -2.54. The van der Waals surface area contributed by atoms with E-state index in [4.69, 9.17) is 16.0 Å². The molecule has 0 saturated carbocycles. The molecule has 1 amide bonds. The molecule has 9 heteroatoms. The SMILES string of the molecule is O=C(Nc1cc(C(F)(F)F)ccn1)c1ncoc1-c1ccccc1Cl. The molecule has 128 valence electrons. The van der Waals surface area contributed by atoms with Gasteiger partial charge in [-0.1, -0.05) is 23.7 Å². The molecule has 0 aliphatic rings. The lowest BCUT2D eigenvalue weighted by molar-refractivity contribution is -0.137. The molecule has 0 spiro atoms. The third kappa shape index (κ3) is 3.63. The van der Waals surface area contributed by atoms with E-state index < -0.39 is 17.6 Å². The van der Waals surface area contributed by atoms with Crippen LogP contribution in [0.25, 0.3) is 11.3 Å². The van der Waals surface area contributed by atoms with Crippen molar-refractivity contribution in [2.75, 3.05) is 5.32 Å². The summed E-state index contributed by atoms with van der Waals surface area (Å²) >= 11 is 6.07. The van der Waals surface area contributed by atoms with Gasteiger partial charge in [0.05, 0.1) is 10.6 Å². The Morgan fingerprint density at radius 2 is 1.92 bits per heavy atom. The maximum atomic E-state index is 12.7. The van der Waals surface area contributed by atoms with Crippen molar-refractivity contribution in [3.8, 4) is 11.3 Å². The van der Waals surface area contributed by atoms with Gasteiger partial charge in [0.1, 0.15) is 5.82 Å². The molecule has 0 saturated heterocycles. The minimum atomic E-state index is -4.54. The molecule has 0 aliphatic carbocycles. The second kappa shape index (κ2) is 6.56. The number of amides is 1. The van der Waals surface area contributed by atoms with Gasteiger partial charge in [-0.15, -0.1) is 0 Å². The Balaban J connectivity index is 1.89. The molecule has 0 radical (unpaired) electrons. The zero-order valence-electron chi connectivity index (χ0n) is 12.3. The Kier molecular flexibility index (Phi) is 4.45. The molecular weight excluding hydrogens is 359 g/mol. The number of hydrogen-bond donors (Lipinski definition) is 1. The van der Waals surface area contributed by atoms with Crippen LogP contribution in [0.2, 0.25) is 5.02 Å². The van der Waals surface area contributed by atoms with Crippen molar-refractivity contribution >= 4 is 23.3 Å². The Bertz CT molecular complexity index is 925. The molecule has 0 fully saturated rings. The highest BCUT2D eigenvalue weighted by atomic mass is 35.5. The van der Waals surface area contributed by atoms with Crippen LogP contribution in [-0.4, -0.2) is 15.9 Å². The van der Waals surface area contributed by atoms with Crippen LogP contribution in [0.4, 0.5) is 19.0 Å². The lowest BCUT2D eigenvalue weighted by Crippen LogP contribution is -2.15. The van der Waals surface area contributed by atoms with Crippen LogP contribution in [-0.2, 0) is 6.18 Å². The Morgan fingerprint density at radius 1 is 1.16 bits per heavy atom. The Labute approximate surface area is 144 Å². The van der Waals surface area contributed by atoms with Crippen molar-refractivity contribution in [2.45, 2.75) is 6.18 Å². The lowest BCUT2D eigenvalue weighted by atomic mass is 10.1. The smallest absolute Gasteiger partial charge is 0.416 e. The highest BCUT2D eigenvalue weighted by Gasteiger charge is 2.31. The third-order valence-electron chi connectivity index (χ3n) is 3.23. The number of carbonyl (C=O) groups is 1. The molecule has 25 heavy (non-hydrogen) atoms. The molecule has 0 atom stereocenters. The Hall–Kier alpha value is -2.87. The first kappa shape index (κ1) is 17.0. The summed E-state index contributed by atoms with van der Waals surface area (Å²) in [6.45, 7) is 0. The number of carbonyl (C=O) groups excluding carboxylic acids is 1. The van der Waals surface area contributed by atoms with E-state index in [1.165, 1.54) is 0 Å². The van der Waals surface area contributed by atoms with E-state index in [2.05, 4.69) is 15.3 Å². The summed E-state index contributed by atoms with van der Waals surface area (Å²) < 4.78 is 43.4. The second-order valence-corrected chi connectivity index (χ2v) is 5.30. The number of nitrogens with one attached hydrogen (secondary N) is 1. The topological polar surface area (TPSA) is 68.0 Å². The molecule has 1 aromatic carbocycles. The fourth-order valence-corrected chi connectivity index (χ4v) is 2.32. The van der Waals surface area contributed by atoms with Crippen LogP contribution in [0.15, 0.2) is 53.4 Å². The monoisotopic (exact) mass is 367 g/mol. The van der Waals surface area contributed by atoms with E-state index in [0.29, 0.717) is 10.6 Å². The van der Waals surface area contributed by atoms with Crippen LogP contribution >= 0.6 is 11.6 Å². The van der Waals surface area contributed by atoms with Gasteiger partial charge in [0.2, 0.25) is 0 Å². The van der Waals surface area contributed by atoms with E-state index in [1.54, 1.807) is 24.3 Å². The minimum absolute atomic E-state index is 0.107. The standard InChI is InChI=1S/C16H9ClF3N3O2/c17-11-4-2-1-3-10(11)14-13(22-8-25-14)15(24)23-12-7-9(5-6-21-12)16(18,19)20/h1-8H,(H,21,23,24). The predicted molar refractivity (Wildman–Crippen MR) is 84.1 cm³/mol. The van der Waals surface area contributed by atoms with Crippen molar-refractivity contribution < 1.29 is 22.4 Å². The number of halogens is 4. The summed E-state index contributed by atoms with van der Waals surface area (Å²) in [6, 6.07) is 8.17. The van der Waals surface area contributed by atoms with E-state index in [9.17, 15) is 18.0 Å². The number of aromatic nitrogens is 2. The zero-order valence-corrected chi connectivity index (χ0v) is 13.1. The average molecular weight is 368 g/mol. The number of rotatable bonds is 3. The van der Waals surface area contributed by atoms with Crippen LogP contribution in [0.1, 0.15) is 16.1 Å². The van der Waals surface area contributed by atoms with E-state index in [1.807, 2.05) is 0 Å². The molecule has 3 aromatic rings. The van der Waals surface area contributed by atoms with Crippen LogP contribution in [0, 0.1) is 0 Å². The number of oxazole rings is 1. The zero-order chi connectivity index (χ0) is 18.0. The first-order valence-corrected chi connectivity index (χ1v) is 7.27. The van der Waals surface area contributed by atoms with Crippen molar-refractivity contribution in [3.63, 3.8) is 0 Å². The Morgan fingerprint density at radius 3 is 2.64 bits per heavy atom. The van der Waals surface area contributed by atoms with Crippen LogP contribution < -0.4 is 5.32 Å². The van der Waals surface area contributed by atoms with Gasteiger partial charge in [-0.2, -0.15) is 13.2 Å². The molecule has 0 aliphatic heterocycles. The average Bonchev–Trinajstić information content (AvgIpc) is 3.04. The number of nitrogens with zero attached hydrogens (tertiary/aromatic N) is 2. The van der Waals surface area contributed by atoms with Crippen LogP contribution in [0.5, 0.6) is 0 Å². The first-order valence-electron chi connectivity index (χ1n) is 6.89. The summed E-state index contributed by atoms with van der Waals surface area (Å²) in [5.41, 5.74) is -0.611. The number of anilines is 1. The van der Waals surface area contributed by atoms with Gasteiger partial charge in [-0.25, -0.2) is 9.97 Å². The molecule has 5 nitrogen and oxygen atoms in total. The highest BCUT2D eigenvalue weighted by Crippen LogP contribution is 2.31. The summed E-state index contributed by atoms with van der Waals surface area (Å²) in [7, 11) is 0. The lowest BCUT2D eigenvalue weighted by Gasteiger charge is -2.09. The quantitative estimate of drug-likeness (QED) is 0.731. The van der Waals surface area contributed by atoms with Gasteiger partial charge in [0, 0.05) is 11.8 Å². The summed E-state index contributed by atoms with van der Waals surface area (Å²) in [5, 5.41) is 2.61. The van der Waals surface area contributed by atoms with Crippen LogP contribution in [0.3, 0.4) is 0 Å². The largest absolute Gasteiger partial charge is 0.443 e. The highest BCUT2D eigenvalue weighted by molar-refractivity contribution is 6.33. The van der Waals surface area contributed by atoms with Gasteiger partial charge in [0.15, 0.2) is 17.8 Å². The first-order chi connectivity index (χ1) is 11.9. The molecule has 0 unspecified atom stereocenters. The summed E-state index contributed by atoms with van der Waals surface area (Å²) in [4.78, 5) is 19.9. The fraction of sp³-hybridized carbons (Fsp3) is 0.0625. The van der Waals surface area contributed by atoms with E-state index >= 15 is 0 Å². The summed E-state index contributed by atoms with van der Waals surface area (Å²) in [5.74, 6) is -0.918.